The van der Waals surface area contributed by atoms with E-state index in [-0.39, 0.29) is 12.5 Å². The summed E-state index contributed by atoms with van der Waals surface area (Å²) in [6.45, 7) is 6.75. The number of aliphatic hydroxyl groups is 1. The average molecular weight is 455 g/mol. The first-order chi connectivity index (χ1) is 14.6. The van der Waals surface area contributed by atoms with E-state index in [1.165, 1.54) is 0 Å². The molecule has 2 rings (SSSR count). The maximum atomic E-state index is 12.8. The largest absolute Gasteiger partial charge is 0.466 e. The fourth-order valence-electron chi connectivity index (χ4n) is 3.61. The standard InChI is InChI=1S/C22H31NO3.H3O4P/c1-3-23(4-2)17-11-12-18-26-21(24)22(25,19-13-7-5-8-14-19)20-15-9-6-10-16-20;1-5(2,3)4/h5,7-8,13-14,20,25H,3-4,6,9-10,15-18H2,1-2H3;(H3,1,2,3,4). The molecule has 8 nitrogen and oxygen atoms in total. The van der Waals surface area contributed by atoms with E-state index in [2.05, 4.69) is 30.6 Å². The van der Waals surface area contributed by atoms with Crippen LogP contribution in [-0.2, 0) is 19.7 Å². The summed E-state index contributed by atoms with van der Waals surface area (Å²) in [6.07, 6.45) is 4.92. The highest BCUT2D eigenvalue weighted by Gasteiger charge is 2.46. The van der Waals surface area contributed by atoms with Crippen LogP contribution >= 0.6 is 7.82 Å². The second-order valence-corrected chi connectivity index (χ2v) is 8.40. The lowest BCUT2D eigenvalue weighted by Crippen LogP contribution is -2.45. The van der Waals surface area contributed by atoms with E-state index in [0.29, 0.717) is 12.1 Å². The van der Waals surface area contributed by atoms with Gasteiger partial charge in [0, 0.05) is 5.92 Å². The topological polar surface area (TPSA) is 128 Å². The summed E-state index contributed by atoms with van der Waals surface area (Å²) in [4.78, 5) is 36.6. The lowest BCUT2D eigenvalue weighted by atomic mass is 9.73. The van der Waals surface area contributed by atoms with Crippen molar-refractivity contribution >= 4 is 13.8 Å². The van der Waals surface area contributed by atoms with Crippen LogP contribution in [0.1, 0.15) is 51.5 Å². The summed E-state index contributed by atoms with van der Waals surface area (Å²) in [6, 6.07) is 9.19. The van der Waals surface area contributed by atoms with Gasteiger partial charge in [-0.25, -0.2) is 9.36 Å². The summed E-state index contributed by atoms with van der Waals surface area (Å²) in [5.41, 5.74) is -0.963. The summed E-state index contributed by atoms with van der Waals surface area (Å²) < 4.78 is 14.3. The third-order valence-electron chi connectivity index (χ3n) is 5.32. The lowest BCUT2D eigenvalue weighted by molar-refractivity contribution is -0.174. The zero-order chi connectivity index (χ0) is 23.3. The minimum atomic E-state index is -4.64. The molecule has 1 saturated carbocycles. The number of nitrogens with zero attached hydrogens (tertiary/aromatic N) is 1. The monoisotopic (exact) mass is 455 g/mol. The van der Waals surface area contributed by atoms with Crippen molar-refractivity contribution in [1.29, 1.82) is 0 Å². The number of esters is 1. The summed E-state index contributed by atoms with van der Waals surface area (Å²) in [5, 5.41) is 11.4. The first kappa shape index (κ1) is 27.3. The molecule has 0 spiro atoms. The van der Waals surface area contributed by atoms with Gasteiger partial charge in [0.1, 0.15) is 0 Å². The molecule has 1 aromatic rings. The maximum Gasteiger partial charge on any atom is 0.466 e. The van der Waals surface area contributed by atoms with Gasteiger partial charge in [-0.2, -0.15) is 0 Å². The van der Waals surface area contributed by atoms with Crippen molar-refractivity contribution in [2.45, 2.75) is 51.6 Å². The van der Waals surface area contributed by atoms with Crippen LogP contribution in [0.15, 0.2) is 30.3 Å². The van der Waals surface area contributed by atoms with Crippen molar-refractivity contribution in [3.8, 4) is 11.8 Å². The number of ether oxygens (including phenoxy) is 1. The highest BCUT2D eigenvalue weighted by Crippen LogP contribution is 2.40. The van der Waals surface area contributed by atoms with Crippen molar-refractivity contribution in [3.05, 3.63) is 35.9 Å². The van der Waals surface area contributed by atoms with Crippen LogP contribution in [0, 0.1) is 17.8 Å². The molecule has 0 heterocycles. The van der Waals surface area contributed by atoms with Crippen molar-refractivity contribution in [3.63, 3.8) is 0 Å². The first-order valence-corrected chi connectivity index (χ1v) is 12.1. The van der Waals surface area contributed by atoms with Gasteiger partial charge in [0.15, 0.2) is 12.2 Å². The number of carbonyl (C=O) groups is 1. The van der Waals surface area contributed by atoms with Gasteiger partial charge in [0.2, 0.25) is 0 Å². The van der Waals surface area contributed by atoms with Crippen LogP contribution in [0.2, 0.25) is 0 Å². The van der Waals surface area contributed by atoms with Crippen LogP contribution in [0.4, 0.5) is 0 Å². The van der Waals surface area contributed by atoms with Gasteiger partial charge in [-0.1, -0.05) is 75.3 Å². The van der Waals surface area contributed by atoms with Crippen LogP contribution in [0.3, 0.4) is 0 Å². The number of phosphoric acid groups is 1. The Morgan fingerprint density at radius 3 is 2.16 bits per heavy atom. The van der Waals surface area contributed by atoms with Crippen LogP contribution in [0.25, 0.3) is 0 Å². The predicted molar refractivity (Wildman–Crippen MR) is 118 cm³/mol. The SMILES string of the molecule is CCN(CC)CC#CCOC(=O)C(O)(c1ccccc1)C1CCCCC1.O=P(O)(O)O. The zero-order valence-corrected chi connectivity index (χ0v) is 19.1. The van der Waals surface area contributed by atoms with Gasteiger partial charge in [-0.15, -0.1) is 0 Å². The van der Waals surface area contributed by atoms with Gasteiger partial charge in [-0.3, -0.25) is 4.90 Å². The molecule has 0 aliphatic heterocycles. The number of carbonyl (C=O) groups excluding carboxylic acids is 1. The quantitative estimate of drug-likeness (QED) is 0.280. The second-order valence-electron chi connectivity index (χ2n) is 7.37. The van der Waals surface area contributed by atoms with Gasteiger partial charge in [-0.05, 0) is 31.5 Å². The Labute approximate surface area is 184 Å². The van der Waals surface area contributed by atoms with Crippen LogP contribution < -0.4 is 0 Å². The molecule has 0 saturated heterocycles. The maximum absolute atomic E-state index is 12.8. The average Bonchev–Trinajstić information content (AvgIpc) is 2.75. The van der Waals surface area contributed by atoms with E-state index in [9.17, 15) is 9.90 Å². The Hall–Kier alpha value is -1.72. The van der Waals surface area contributed by atoms with E-state index >= 15 is 0 Å². The van der Waals surface area contributed by atoms with Gasteiger partial charge >= 0.3 is 13.8 Å². The van der Waals surface area contributed by atoms with Gasteiger partial charge in [0.25, 0.3) is 0 Å². The Balaban J connectivity index is 0.000000861. The van der Waals surface area contributed by atoms with E-state index in [0.717, 1.165) is 45.2 Å². The van der Waals surface area contributed by atoms with E-state index in [1.807, 2.05) is 30.3 Å². The molecule has 1 aromatic carbocycles. The van der Waals surface area contributed by atoms with Crippen molar-refractivity contribution in [1.82, 2.24) is 4.90 Å². The predicted octanol–water partition coefficient (Wildman–Crippen LogP) is 2.41. The van der Waals surface area contributed by atoms with Gasteiger partial charge < -0.3 is 24.5 Å². The summed E-state index contributed by atoms with van der Waals surface area (Å²) >= 11 is 0. The van der Waals surface area contributed by atoms with Gasteiger partial charge in [0.05, 0.1) is 6.54 Å². The van der Waals surface area contributed by atoms with Crippen molar-refractivity contribution < 1.29 is 33.9 Å². The molecule has 1 aliphatic rings. The zero-order valence-electron chi connectivity index (χ0n) is 18.2. The fraction of sp³-hybridized carbons (Fsp3) is 0.591. The minimum Gasteiger partial charge on any atom is -0.450 e. The summed E-state index contributed by atoms with van der Waals surface area (Å²) in [5.74, 6) is 5.25. The molecule has 0 aromatic heterocycles. The number of hydrogen-bond acceptors (Lipinski definition) is 5. The Bertz CT molecular complexity index is 753. The molecular formula is C22H34NO7P. The van der Waals surface area contributed by atoms with E-state index < -0.39 is 19.4 Å². The molecule has 1 atom stereocenters. The Morgan fingerprint density at radius 1 is 1.10 bits per heavy atom. The normalized spacial score (nSPS) is 16.4. The van der Waals surface area contributed by atoms with E-state index in [1.54, 1.807) is 0 Å². The number of benzene rings is 1. The number of hydrogen-bond donors (Lipinski definition) is 4. The number of rotatable bonds is 7. The molecule has 0 bridgehead atoms. The Kier molecular flexibility index (Phi) is 12.0. The molecule has 1 aliphatic carbocycles. The fourth-order valence-corrected chi connectivity index (χ4v) is 3.61. The van der Waals surface area contributed by atoms with Crippen molar-refractivity contribution in [2.75, 3.05) is 26.2 Å². The molecule has 0 amide bonds. The summed E-state index contributed by atoms with van der Waals surface area (Å²) in [7, 11) is -4.64. The highest BCUT2D eigenvalue weighted by atomic mass is 31.2. The lowest BCUT2D eigenvalue weighted by Gasteiger charge is -2.36. The highest BCUT2D eigenvalue weighted by molar-refractivity contribution is 7.45. The van der Waals surface area contributed by atoms with Crippen molar-refractivity contribution in [2.24, 2.45) is 5.92 Å². The first-order valence-electron chi connectivity index (χ1n) is 10.5. The van der Waals surface area contributed by atoms with Crippen LogP contribution in [-0.4, -0.2) is 56.9 Å². The molecule has 0 radical (unpaired) electrons. The molecule has 31 heavy (non-hydrogen) atoms. The van der Waals surface area contributed by atoms with E-state index in [4.69, 9.17) is 24.0 Å². The molecule has 4 N–H and O–H groups in total. The molecule has 1 fully saturated rings. The van der Waals surface area contributed by atoms with Crippen LogP contribution in [0.5, 0.6) is 0 Å². The minimum absolute atomic E-state index is 0.0158. The molecule has 174 valence electrons. The second kappa shape index (κ2) is 13.6. The smallest absolute Gasteiger partial charge is 0.450 e. The molecular weight excluding hydrogens is 421 g/mol. The third kappa shape index (κ3) is 9.96. The molecule has 9 heteroatoms. The third-order valence-corrected chi connectivity index (χ3v) is 5.32. The molecule has 1 unspecified atom stereocenters. The Morgan fingerprint density at radius 2 is 1.65 bits per heavy atom.